The first-order valence-corrected chi connectivity index (χ1v) is 4.03. The van der Waals surface area contributed by atoms with Crippen LogP contribution in [0.4, 0.5) is 0 Å². The minimum absolute atomic E-state index is 0.00366. The van der Waals surface area contributed by atoms with Crippen LogP contribution in [-0.2, 0) is 12.8 Å². The van der Waals surface area contributed by atoms with Crippen molar-refractivity contribution in [2.45, 2.75) is 25.3 Å². The Hall–Kier alpha value is -0.820. The molecule has 0 fully saturated rings. The molecule has 0 saturated carbocycles. The molecule has 0 atom stereocenters. The largest absolute Gasteiger partial charge is 0.325 e. The van der Waals surface area contributed by atoms with Crippen molar-refractivity contribution < 1.29 is 0 Å². The third-order valence-electron chi connectivity index (χ3n) is 2.31. The Balaban J connectivity index is 2.41. The van der Waals surface area contributed by atoms with Gasteiger partial charge in [-0.15, -0.1) is 0 Å². The first kappa shape index (κ1) is 6.86. The number of fused-ring (bicyclic) bond motifs is 1. The first-order valence-electron chi connectivity index (χ1n) is 4.03. The molecule has 0 saturated heterocycles. The van der Waals surface area contributed by atoms with Gasteiger partial charge in [-0.1, -0.05) is 24.3 Å². The van der Waals surface area contributed by atoms with Crippen LogP contribution < -0.4 is 5.73 Å². The Labute approximate surface area is 67.2 Å². The van der Waals surface area contributed by atoms with E-state index in [0.717, 1.165) is 12.8 Å². The smallest absolute Gasteiger partial charge is 0.0207 e. The highest BCUT2D eigenvalue weighted by molar-refractivity contribution is 5.35. The normalized spacial score (nSPS) is 19.8. The number of rotatable bonds is 0. The van der Waals surface area contributed by atoms with Crippen molar-refractivity contribution in [3.63, 3.8) is 0 Å². The molecular weight excluding hydrogens is 134 g/mol. The van der Waals surface area contributed by atoms with Crippen LogP contribution in [0.1, 0.15) is 18.1 Å². The van der Waals surface area contributed by atoms with Gasteiger partial charge in [0, 0.05) is 5.54 Å². The second kappa shape index (κ2) is 2.08. The van der Waals surface area contributed by atoms with E-state index in [1.807, 2.05) is 0 Å². The van der Waals surface area contributed by atoms with Crippen LogP contribution in [0, 0.1) is 0 Å². The van der Waals surface area contributed by atoms with Gasteiger partial charge in [-0.05, 0) is 30.9 Å². The van der Waals surface area contributed by atoms with E-state index in [1.165, 1.54) is 11.1 Å². The molecule has 2 N–H and O–H groups in total. The van der Waals surface area contributed by atoms with Crippen molar-refractivity contribution in [2.75, 3.05) is 0 Å². The highest BCUT2D eigenvalue weighted by Gasteiger charge is 2.27. The van der Waals surface area contributed by atoms with Crippen LogP contribution >= 0.6 is 0 Å². The lowest BCUT2D eigenvalue weighted by molar-refractivity contribution is 0.499. The maximum absolute atomic E-state index is 6.03. The summed E-state index contributed by atoms with van der Waals surface area (Å²) >= 11 is 0. The minimum atomic E-state index is 0.00366. The Morgan fingerprint density at radius 2 is 1.64 bits per heavy atom. The number of benzene rings is 1. The third kappa shape index (κ3) is 1.16. The molecule has 1 aliphatic rings. The molecule has 1 nitrogen and oxygen atoms in total. The zero-order chi connectivity index (χ0) is 7.90. The van der Waals surface area contributed by atoms with Gasteiger partial charge < -0.3 is 5.73 Å². The third-order valence-corrected chi connectivity index (χ3v) is 2.31. The first-order chi connectivity index (χ1) is 5.17. The topological polar surface area (TPSA) is 26.0 Å². The van der Waals surface area contributed by atoms with Crippen LogP contribution in [0.15, 0.2) is 24.3 Å². The van der Waals surface area contributed by atoms with Gasteiger partial charge in [0.05, 0.1) is 0 Å². The van der Waals surface area contributed by atoms with Crippen LogP contribution in [0.3, 0.4) is 0 Å². The molecule has 0 aromatic heterocycles. The van der Waals surface area contributed by atoms with Gasteiger partial charge in [0.2, 0.25) is 0 Å². The molecule has 0 bridgehead atoms. The van der Waals surface area contributed by atoms with Crippen molar-refractivity contribution in [1.82, 2.24) is 0 Å². The van der Waals surface area contributed by atoms with E-state index in [2.05, 4.69) is 31.2 Å². The van der Waals surface area contributed by atoms with Crippen LogP contribution in [-0.4, -0.2) is 5.54 Å². The fraction of sp³-hybridized carbons (Fsp3) is 0.400. The van der Waals surface area contributed by atoms with E-state index in [0.29, 0.717) is 0 Å². The monoisotopic (exact) mass is 147 g/mol. The average Bonchev–Trinajstić information content (AvgIpc) is 2.21. The minimum Gasteiger partial charge on any atom is -0.325 e. The van der Waals surface area contributed by atoms with Crippen LogP contribution in [0.5, 0.6) is 0 Å². The summed E-state index contributed by atoms with van der Waals surface area (Å²) in [5.41, 5.74) is 8.89. The van der Waals surface area contributed by atoms with Gasteiger partial charge in [0.1, 0.15) is 0 Å². The molecule has 0 spiro atoms. The SMILES string of the molecule is CC1(N)Cc2ccccc2C1. The lowest BCUT2D eigenvalue weighted by atomic mass is 10.0. The van der Waals surface area contributed by atoms with Gasteiger partial charge in [-0.25, -0.2) is 0 Å². The van der Waals surface area contributed by atoms with E-state index in [4.69, 9.17) is 5.73 Å². The van der Waals surface area contributed by atoms with Crippen molar-refractivity contribution in [3.05, 3.63) is 35.4 Å². The summed E-state index contributed by atoms with van der Waals surface area (Å²) in [5.74, 6) is 0. The Kier molecular flexibility index (Phi) is 1.30. The highest BCUT2D eigenvalue weighted by atomic mass is 14.7. The Bertz CT molecular complexity index is 249. The molecule has 11 heavy (non-hydrogen) atoms. The van der Waals surface area contributed by atoms with E-state index in [9.17, 15) is 0 Å². The molecule has 0 aliphatic heterocycles. The molecule has 2 rings (SSSR count). The fourth-order valence-corrected chi connectivity index (χ4v) is 1.84. The highest BCUT2D eigenvalue weighted by Crippen LogP contribution is 2.27. The summed E-state index contributed by atoms with van der Waals surface area (Å²) in [5, 5.41) is 0. The van der Waals surface area contributed by atoms with Crippen molar-refractivity contribution in [2.24, 2.45) is 5.73 Å². The molecular formula is C10H13N. The quantitative estimate of drug-likeness (QED) is 0.591. The van der Waals surface area contributed by atoms with Crippen LogP contribution in [0.25, 0.3) is 0 Å². The number of nitrogens with two attached hydrogens (primary N) is 1. The van der Waals surface area contributed by atoms with E-state index >= 15 is 0 Å². The summed E-state index contributed by atoms with van der Waals surface area (Å²) in [7, 11) is 0. The maximum atomic E-state index is 6.03. The summed E-state index contributed by atoms with van der Waals surface area (Å²) in [4.78, 5) is 0. The van der Waals surface area contributed by atoms with Gasteiger partial charge >= 0.3 is 0 Å². The Morgan fingerprint density at radius 3 is 2.09 bits per heavy atom. The van der Waals surface area contributed by atoms with Gasteiger partial charge in [0.15, 0.2) is 0 Å². The molecule has 0 amide bonds. The van der Waals surface area contributed by atoms with Gasteiger partial charge in [0.25, 0.3) is 0 Å². The summed E-state index contributed by atoms with van der Waals surface area (Å²) < 4.78 is 0. The molecule has 1 aliphatic carbocycles. The summed E-state index contributed by atoms with van der Waals surface area (Å²) in [6.07, 6.45) is 2.06. The lowest BCUT2D eigenvalue weighted by Gasteiger charge is -2.15. The van der Waals surface area contributed by atoms with Gasteiger partial charge in [-0.2, -0.15) is 0 Å². The van der Waals surface area contributed by atoms with E-state index < -0.39 is 0 Å². The average molecular weight is 147 g/mol. The summed E-state index contributed by atoms with van der Waals surface area (Å²) in [6.45, 7) is 2.12. The number of hydrogen-bond donors (Lipinski definition) is 1. The predicted molar refractivity (Wildman–Crippen MR) is 46.4 cm³/mol. The molecule has 1 heteroatoms. The van der Waals surface area contributed by atoms with Gasteiger partial charge in [-0.3, -0.25) is 0 Å². The zero-order valence-electron chi connectivity index (χ0n) is 6.80. The molecule has 0 radical (unpaired) electrons. The standard InChI is InChI=1S/C10H13N/c1-10(11)6-8-4-2-3-5-9(8)7-10/h2-5H,6-7,11H2,1H3. The molecule has 1 aromatic carbocycles. The second-order valence-electron chi connectivity index (χ2n) is 3.78. The van der Waals surface area contributed by atoms with E-state index in [-0.39, 0.29) is 5.54 Å². The van der Waals surface area contributed by atoms with Crippen LogP contribution in [0.2, 0.25) is 0 Å². The second-order valence-corrected chi connectivity index (χ2v) is 3.78. The predicted octanol–water partition coefficient (Wildman–Crippen LogP) is 1.50. The Morgan fingerprint density at radius 1 is 1.18 bits per heavy atom. The van der Waals surface area contributed by atoms with Crippen molar-refractivity contribution >= 4 is 0 Å². The molecule has 1 aromatic rings. The summed E-state index contributed by atoms with van der Waals surface area (Å²) in [6, 6.07) is 8.52. The van der Waals surface area contributed by atoms with E-state index in [1.54, 1.807) is 0 Å². The maximum Gasteiger partial charge on any atom is 0.0207 e. The number of hydrogen-bond acceptors (Lipinski definition) is 1. The zero-order valence-corrected chi connectivity index (χ0v) is 6.80. The molecule has 0 unspecified atom stereocenters. The molecule has 0 heterocycles. The lowest BCUT2D eigenvalue weighted by Crippen LogP contribution is -2.36. The fourth-order valence-electron chi connectivity index (χ4n) is 1.84. The van der Waals surface area contributed by atoms with Crippen molar-refractivity contribution in [1.29, 1.82) is 0 Å². The van der Waals surface area contributed by atoms with Crippen molar-refractivity contribution in [3.8, 4) is 0 Å². The molecule has 58 valence electrons.